The first-order chi connectivity index (χ1) is 8.15. The van der Waals surface area contributed by atoms with E-state index >= 15 is 0 Å². The summed E-state index contributed by atoms with van der Waals surface area (Å²) in [4.78, 5) is 0. The zero-order valence-electron chi connectivity index (χ0n) is 10.6. The largest absolute Gasteiger partial charge is 0.493 e. The van der Waals surface area contributed by atoms with Gasteiger partial charge in [0.15, 0.2) is 0 Å². The van der Waals surface area contributed by atoms with Crippen LogP contribution in [0.1, 0.15) is 16.7 Å². The molecular weight excluding hydrogens is 212 g/mol. The van der Waals surface area contributed by atoms with Gasteiger partial charge in [0.1, 0.15) is 5.75 Å². The van der Waals surface area contributed by atoms with Gasteiger partial charge in [-0.15, -0.1) is 0 Å². The molecule has 0 radical (unpaired) electrons. The summed E-state index contributed by atoms with van der Waals surface area (Å²) < 4.78 is 7.61. The third-order valence-electron chi connectivity index (χ3n) is 2.75. The molecule has 0 fully saturated rings. The van der Waals surface area contributed by atoms with E-state index in [9.17, 15) is 0 Å². The van der Waals surface area contributed by atoms with Crippen LogP contribution in [0, 0.1) is 13.8 Å². The molecule has 0 saturated carbocycles. The average Bonchev–Trinajstić information content (AvgIpc) is 2.69. The first kappa shape index (κ1) is 11.7. The van der Waals surface area contributed by atoms with Crippen molar-refractivity contribution in [2.24, 2.45) is 7.05 Å². The second kappa shape index (κ2) is 5.04. The summed E-state index contributed by atoms with van der Waals surface area (Å²) in [7, 11) is 1.93. The maximum atomic E-state index is 5.79. The number of rotatable bonds is 4. The second-order valence-electron chi connectivity index (χ2n) is 4.39. The van der Waals surface area contributed by atoms with Crippen molar-refractivity contribution in [3.8, 4) is 5.75 Å². The molecule has 0 amide bonds. The highest BCUT2D eigenvalue weighted by Crippen LogP contribution is 2.19. The van der Waals surface area contributed by atoms with Crippen molar-refractivity contribution in [1.29, 1.82) is 0 Å². The van der Waals surface area contributed by atoms with E-state index in [0.29, 0.717) is 6.61 Å². The van der Waals surface area contributed by atoms with Gasteiger partial charge >= 0.3 is 0 Å². The summed E-state index contributed by atoms with van der Waals surface area (Å²) in [6, 6.07) is 6.27. The molecular formula is C14H18N2O. The van der Waals surface area contributed by atoms with E-state index < -0.39 is 0 Å². The molecule has 0 spiro atoms. The molecule has 1 heterocycles. The lowest BCUT2D eigenvalue weighted by Crippen LogP contribution is -2.02. The van der Waals surface area contributed by atoms with E-state index in [1.807, 2.05) is 24.1 Å². The summed E-state index contributed by atoms with van der Waals surface area (Å²) in [5.41, 5.74) is 3.62. The highest BCUT2D eigenvalue weighted by molar-refractivity contribution is 5.35. The number of aromatic nitrogens is 2. The van der Waals surface area contributed by atoms with E-state index in [4.69, 9.17) is 4.74 Å². The predicted octanol–water partition coefficient (Wildman–Crippen LogP) is 2.66. The highest BCUT2D eigenvalue weighted by atomic mass is 16.5. The van der Waals surface area contributed by atoms with Crippen molar-refractivity contribution in [2.45, 2.75) is 20.3 Å². The maximum Gasteiger partial charge on any atom is 0.122 e. The Morgan fingerprint density at radius 2 is 2.12 bits per heavy atom. The molecule has 0 aliphatic carbocycles. The topological polar surface area (TPSA) is 27.1 Å². The lowest BCUT2D eigenvalue weighted by atomic mass is 10.1. The van der Waals surface area contributed by atoms with Crippen molar-refractivity contribution in [1.82, 2.24) is 9.78 Å². The first-order valence-corrected chi connectivity index (χ1v) is 5.83. The Labute approximate surface area is 102 Å². The molecule has 3 nitrogen and oxygen atoms in total. The molecule has 0 bridgehead atoms. The Morgan fingerprint density at radius 1 is 1.29 bits per heavy atom. The Balaban J connectivity index is 1.91. The quantitative estimate of drug-likeness (QED) is 0.807. The van der Waals surface area contributed by atoms with Crippen LogP contribution in [0.25, 0.3) is 0 Å². The van der Waals surface area contributed by atoms with Crippen molar-refractivity contribution < 1.29 is 4.74 Å². The van der Waals surface area contributed by atoms with E-state index in [1.54, 1.807) is 0 Å². The lowest BCUT2D eigenvalue weighted by Gasteiger charge is -2.09. The zero-order valence-corrected chi connectivity index (χ0v) is 10.6. The number of hydrogen-bond acceptors (Lipinski definition) is 2. The summed E-state index contributed by atoms with van der Waals surface area (Å²) in [6.07, 6.45) is 4.79. The van der Waals surface area contributed by atoms with Gasteiger partial charge in [0.2, 0.25) is 0 Å². The van der Waals surface area contributed by atoms with Crippen molar-refractivity contribution in [3.63, 3.8) is 0 Å². The summed E-state index contributed by atoms with van der Waals surface area (Å²) in [6.45, 7) is 4.84. The number of ether oxygens (including phenoxy) is 1. The Bertz CT molecular complexity index is 503. The van der Waals surface area contributed by atoms with Crippen LogP contribution in [0.15, 0.2) is 30.6 Å². The standard InChI is InChI=1S/C14H18N2O/c1-11-4-5-12(2)14(8-11)17-7-6-13-9-15-16(3)10-13/h4-5,8-10H,6-7H2,1-3H3. The van der Waals surface area contributed by atoms with E-state index in [-0.39, 0.29) is 0 Å². The maximum absolute atomic E-state index is 5.79. The van der Waals surface area contributed by atoms with Gasteiger partial charge < -0.3 is 4.74 Å². The van der Waals surface area contributed by atoms with Crippen LogP contribution >= 0.6 is 0 Å². The third kappa shape index (κ3) is 3.09. The molecule has 2 aromatic rings. The van der Waals surface area contributed by atoms with Gasteiger partial charge in [-0.1, -0.05) is 12.1 Å². The molecule has 90 valence electrons. The molecule has 0 N–H and O–H groups in total. The monoisotopic (exact) mass is 230 g/mol. The van der Waals surface area contributed by atoms with Crippen molar-refractivity contribution in [3.05, 3.63) is 47.3 Å². The normalized spacial score (nSPS) is 10.5. The van der Waals surface area contributed by atoms with Gasteiger partial charge in [-0.3, -0.25) is 4.68 Å². The summed E-state index contributed by atoms with van der Waals surface area (Å²) in [5, 5.41) is 4.14. The average molecular weight is 230 g/mol. The number of hydrogen-bond donors (Lipinski definition) is 0. The molecule has 3 heteroatoms. The minimum absolute atomic E-state index is 0.690. The zero-order chi connectivity index (χ0) is 12.3. The fourth-order valence-corrected chi connectivity index (χ4v) is 1.74. The lowest BCUT2D eigenvalue weighted by molar-refractivity contribution is 0.319. The van der Waals surface area contributed by atoms with Gasteiger partial charge in [-0.2, -0.15) is 5.10 Å². The van der Waals surface area contributed by atoms with Crippen LogP contribution < -0.4 is 4.74 Å². The molecule has 17 heavy (non-hydrogen) atoms. The molecule has 2 rings (SSSR count). The highest BCUT2D eigenvalue weighted by Gasteiger charge is 2.01. The van der Waals surface area contributed by atoms with E-state index in [2.05, 4.69) is 37.1 Å². The second-order valence-corrected chi connectivity index (χ2v) is 4.39. The van der Waals surface area contributed by atoms with Crippen LogP contribution in [-0.4, -0.2) is 16.4 Å². The molecule has 0 saturated heterocycles. The van der Waals surface area contributed by atoms with E-state index in [1.165, 1.54) is 16.7 Å². The fourth-order valence-electron chi connectivity index (χ4n) is 1.74. The number of aryl methyl sites for hydroxylation is 3. The SMILES string of the molecule is Cc1ccc(C)c(OCCc2cnn(C)c2)c1. The summed E-state index contributed by atoms with van der Waals surface area (Å²) >= 11 is 0. The van der Waals surface area contributed by atoms with Gasteiger partial charge in [0.05, 0.1) is 12.8 Å². The molecule has 1 aromatic carbocycles. The minimum Gasteiger partial charge on any atom is -0.493 e. The Kier molecular flexibility index (Phi) is 3.47. The van der Waals surface area contributed by atoms with Crippen LogP contribution in [0.4, 0.5) is 0 Å². The van der Waals surface area contributed by atoms with Crippen LogP contribution in [0.2, 0.25) is 0 Å². The van der Waals surface area contributed by atoms with Crippen molar-refractivity contribution in [2.75, 3.05) is 6.61 Å². The Hall–Kier alpha value is -1.77. The van der Waals surface area contributed by atoms with Gasteiger partial charge in [-0.25, -0.2) is 0 Å². The molecule has 0 atom stereocenters. The first-order valence-electron chi connectivity index (χ1n) is 5.83. The molecule has 1 aromatic heterocycles. The van der Waals surface area contributed by atoms with Crippen LogP contribution in [0.5, 0.6) is 5.75 Å². The van der Waals surface area contributed by atoms with Gasteiger partial charge in [0.25, 0.3) is 0 Å². The number of nitrogens with zero attached hydrogens (tertiary/aromatic N) is 2. The van der Waals surface area contributed by atoms with Crippen LogP contribution in [0.3, 0.4) is 0 Å². The van der Waals surface area contributed by atoms with Crippen LogP contribution in [-0.2, 0) is 13.5 Å². The van der Waals surface area contributed by atoms with Crippen molar-refractivity contribution >= 4 is 0 Å². The minimum atomic E-state index is 0.690. The van der Waals surface area contributed by atoms with E-state index in [0.717, 1.165) is 12.2 Å². The smallest absolute Gasteiger partial charge is 0.122 e. The summed E-state index contributed by atoms with van der Waals surface area (Å²) in [5.74, 6) is 0.980. The third-order valence-corrected chi connectivity index (χ3v) is 2.75. The number of benzene rings is 1. The fraction of sp³-hybridized carbons (Fsp3) is 0.357. The molecule has 0 aliphatic rings. The van der Waals surface area contributed by atoms with Gasteiger partial charge in [0, 0.05) is 19.7 Å². The molecule has 0 unspecified atom stereocenters. The Morgan fingerprint density at radius 3 is 2.82 bits per heavy atom. The van der Waals surface area contributed by atoms with Gasteiger partial charge in [-0.05, 0) is 36.6 Å². The predicted molar refractivity (Wildman–Crippen MR) is 68.3 cm³/mol. The molecule has 0 aliphatic heterocycles.